The van der Waals surface area contributed by atoms with Crippen LogP contribution in [0.5, 0.6) is 0 Å². The molecule has 2 rings (SSSR count). The van der Waals surface area contributed by atoms with Gasteiger partial charge >= 0.3 is 0 Å². The lowest BCUT2D eigenvalue weighted by Crippen LogP contribution is -2.37. The van der Waals surface area contributed by atoms with Gasteiger partial charge in [-0.25, -0.2) is 9.97 Å². The fraction of sp³-hybridized carbons (Fsp3) is 0.714. The largest absolute Gasteiger partial charge is 0.341 e. The summed E-state index contributed by atoms with van der Waals surface area (Å²) in [5, 5.41) is 0. The van der Waals surface area contributed by atoms with Crippen molar-refractivity contribution in [2.75, 3.05) is 24.5 Å². The van der Waals surface area contributed by atoms with Crippen molar-refractivity contribution in [1.29, 1.82) is 0 Å². The molecule has 0 aliphatic carbocycles. The van der Waals surface area contributed by atoms with Gasteiger partial charge in [-0.1, -0.05) is 13.8 Å². The average molecular weight is 248 g/mol. The topological polar surface area (TPSA) is 55.0 Å². The Hall–Kier alpha value is -1.16. The molecule has 2 heterocycles. The molecule has 1 aromatic rings. The van der Waals surface area contributed by atoms with Crippen molar-refractivity contribution in [1.82, 2.24) is 9.97 Å². The van der Waals surface area contributed by atoms with Gasteiger partial charge in [0.2, 0.25) is 5.95 Å². The molecule has 1 aliphatic heterocycles. The predicted octanol–water partition coefficient (Wildman–Crippen LogP) is 2.08. The summed E-state index contributed by atoms with van der Waals surface area (Å²) in [4.78, 5) is 11.6. The highest BCUT2D eigenvalue weighted by Crippen LogP contribution is 2.22. The molecule has 0 unspecified atom stereocenters. The molecule has 100 valence electrons. The van der Waals surface area contributed by atoms with Gasteiger partial charge in [-0.2, -0.15) is 0 Å². The van der Waals surface area contributed by atoms with E-state index >= 15 is 0 Å². The van der Waals surface area contributed by atoms with Crippen LogP contribution >= 0.6 is 0 Å². The van der Waals surface area contributed by atoms with E-state index in [1.807, 2.05) is 6.92 Å². The lowest BCUT2D eigenvalue weighted by molar-refractivity contribution is 0.411. The summed E-state index contributed by atoms with van der Waals surface area (Å²) in [6.45, 7) is 9.26. The standard InChI is InChI=1S/C14H24N4/c1-10(2)13-8-11(3)16-14(17-13)18-6-4-12(9-15)5-7-18/h8,10,12H,4-7,9,15H2,1-3H3. The summed E-state index contributed by atoms with van der Waals surface area (Å²) < 4.78 is 0. The molecule has 4 nitrogen and oxygen atoms in total. The van der Waals surface area contributed by atoms with Gasteiger partial charge in [-0.15, -0.1) is 0 Å². The van der Waals surface area contributed by atoms with Crippen molar-refractivity contribution in [2.45, 2.75) is 39.5 Å². The highest BCUT2D eigenvalue weighted by atomic mass is 15.3. The highest BCUT2D eigenvalue weighted by Gasteiger charge is 2.20. The van der Waals surface area contributed by atoms with E-state index in [0.717, 1.165) is 49.8 Å². The highest BCUT2D eigenvalue weighted by molar-refractivity contribution is 5.33. The van der Waals surface area contributed by atoms with Gasteiger partial charge in [-0.3, -0.25) is 0 Å². The van der Waals surface area contributed by atoms with Gasteiger partial charge in [0.05, 0.1) is 0 Å². The molecule has 1 fully saturated rings. The van der Waals surface area contributed by atoms with E-state index in [1.54, 1.807) is 0 Å². The average Bonchev–Trinajstić information content (AvgIpc) is 2.38. The molecule has 0 aromatic carbocycles. The number of nitrogens with zero attached hydrogens (tertiary/aromatic N) is 3. The second-order valence-electron chi connectivity index (χ2n) is 5.56. The van der Waals surface area contributed by atoms with Crippen molar-refractivity contribution in [3.05, 3.63) is 17.5 Å². The molecule has 18 heavy (non-hydrogen) atoms. The zero-order valence-corrected chi connectivity index (χ0v) is 11.7. The summed E-state index contributed by atoms with van der Waals surface area (Å²) >= 11 is 0. The minimum absolute atomic E-state index is 0.451. The summed E-state index contributed by atoms with van der Waals surface area (Å²) in [5.41, 5.74) is 7.92. The van der Waals surface area contributed by atoms with Crippen LogP contribution in [0.1, 0.15) is 44.0 Å². The Morgan fingerprint density at radius 3 is 2.56 bits per heavy atom. The van der Waals surface area contributed by atoms with Crippen molar-refractivity contribution >= 4 is 5.95 Å². The zero-order valence-electron chi connectivity index (χ0n) is 11.7. The Labute approximate surface area is 110 Å². The van der Waals surface area contributed by atoms with Crippen LogP contribution in [-0.2, 0) is 0 Å². The molecule has 4 heteroatoms. The lowest BCUT2D eigenvalue weighted by atomic mass is 9.97. The minimum atomic E-state index is 0.451. The summed E-state index contributed by atoms with van der Waals surface area (Å²) in [7, 11) is 0. The molecule has 2 N–H and O–H groups in total. The second kappa shape index (κ2) is 5.65. The maximum atomic E-state index is 5.73. The van der Waals surface area contributed by atoms with Crippen LogP contribution in [0.15, 0.2) is 6.07 Å². The Morgan fingerprint density at radius 2 is 2.00 bits per heavy atom. The van der Waals surface area contributed by atoms with Crippen molar-refractivity contribution < 1.29 is 0 Å². The normalized spacial score (nSPS) is 17.5. The maximum Gasteiger partial charge on any atom is 0.225 e. The van der Waals surface area contributed by atoms with Crippen LogP contribution in [0.4, 0.5) is 5.95 Å². The number of rotatable bonds is 3. The number of hydrogen-bond donors (Lipinski definition) is 1. The van der Waals surface area contributed by atoms with E-state index in [1.165, 1.54) is 0 Å². The molecular formula is C14H24N4. The molecular weight excluding hydrogens is 224 g/mol. The molecule has 0 spiro atoms. The molecule has 0 saturated carbocycles. The first kappa shape index (κ1) is 13.3. The van der Waals surface area contributed by atoms with Crippen LogP contribution in [0.25, 0.3) is 0 Å². The van der Waals surface area contributed by atoms with Gasteiger partial charge in [0.1, 0.15) is 0 Å². The molecule has 1 aromatic heterocycles. The van der Waals surface area contributed by atoms with Crippen LogP contribution in [0.2, 0.25) is 0 Å². The van der Waals surface area contributed by atoms with Crippen molar-refractivity contribution in [3.63, 3.8) is 0 Å². The quantitative estimate of drug-likeness (QED) is 0.890. The molecule has 0 atom stereocenters. The Kier molecular flexibility index (Phi) is 4.17. The van der Waals surface area contributed by atoms with E-state index in [9.17, 15) is 0 Å². The SMILES string of the molecule is Cc1cc(C(C)C)nc(N2CCC(CN)CC2)n1. The number of anilines is 1. The number of piperidine rings is 1. The Morgan fingerprint density at radius 1 is 1.33 bits per heavy atom. The Balaban J connectivity index is 2.13. The molecule has 0 bridgehead atoms. The van der Waals surface area contributed by atoms with E-state index < -0.39 is 0 Å². The fourth-order valence-corrected chi connectivity index (χ4v) is 2.38. The van der Waals surface area contributed by atoms with Gasteiger partial charge < -0.3 is 10.6 Å². The molecule has 0 radical (unpaired) electrons. The van der Waals surface area contributed by atoms with Crippen LogP contribution in [0, 0.1) is 12.8 Å². The van der Waals surface area contributed by atoms with Gasteiger partial charge in [0, 0.05) is 24.5 Å². The zero-order chi connectivity index (χ0) is 13.1. The molecule has 0 amide bonds. The molecule has 1 saturated heterocycles. The van der Waals surface area contributed by atoms with Crippen molar-refractivity contribution in [2.24, 2.45) is 11.7 Å². The molecule has 1 aliphatic rings. The summed E-state index contributed by atoms with van der Waals surface area (Å²) in [5.74, 6) is 2.02. The first-order valence-corrected chi connectivity index (χ1v) is 6.90. The minimum Gasteiger partial charge on any atom is -0.341 e. The van der Waals surface area contributed by atoms with E-state index in [4.69, 9.17) is 10.7 Å². The maximum absolute atomic E-state index is 5.73. The van der Waals surface area contributed by atoms with Gasteiger partial charge in [0.15, 0.2) is 0 Å². The monoisotopic (exact) mass is 248 g/mol. The van der Waals surface area contributed by atoms with Crippen LogP contribution in [0.3, 0.4) is 0 Å². The third kappa shape index (κ3) is 2.99. The number of hydrogen-bond acceptors (Lipinski definition) is 4. The van der Waals surface area contributed by atoms with Gasteiger partial charge in [-0.05, 0) is 44.2 Å². The van der Waals surface area contributed by atoms with E-state index in [-0.39, 0.29) is 0 Å². The number of nitrogens with two attached hydrogens (primary N) is 1. The summed E-state index contributed by atoms with van der Waals surface area (Å²) in [6, 6.07) is 2.08. The third-order valence-electron chi connectivity index (χ3n) is 3.68. The van der Waals surface area contributed by atoms with E-state index in [0.29, 0.717) is 11.8 Å². The second-order valence-corrected chi connectivity index (χ2v) is 5.56. The number of aryl methyl sites for hydroxylation is 1. The first-order chi connectivity index (χ1) is 8.60. The van der Waals surface area contributed by atoms with Gasteiger partial charge in [0.25, 0.3) is 0 Å². The Bertz CT molecular complexity index is 395. The predicted molar refractivity (Wildman–Crippen MR) is 74.8 cm³/mol. The van der Waals surface area contributed by atoms with Crippen LogP contribution in [-0.4, -0.2) is 29.6 Å². The third-order valence-corrected chi connectivity index (χ3v) is 3.68. The lowest BCUT2D eigenvalue weighted by Gasteiger charge is -2.31. The van der Waals surface area contributed by atoms with Crippen molar-refractivity contribution in [3.8, 4) is 0 Å². The van der Waals surface area contributed by atoms with E-state index in [2.05, 4.69) is 29.8 Å². The fourth-order valence-electron chi connectivity index (χ4n) is 2.38. The van der Waals surface area contributed by atoms with Crippen LogP contribution < -0.4 is 10.6 Å². The first-order valence-electron chi connectivity index (χ1n) is 6.90. The summed E-state index contributed by atoms with van der Waals surface area (Å²) in [6.07, 6.45) is 2.32. The number of aromatic nitrogens is 2. The smallest absolute Gasteiger partial charge is 0.225 e.